The molecule has 8 heteroatoms. The predicted molar refractivity (Wildman–Crippen MR) is 74.3 cm³/mol. The maximum atomic E-state index is 11.8. The van der Waals surface area contributed by atoms with Gasteiger partial charge in [0.2, 0.25) is 10.0 Å². The fourth-order valence-corrected chi connectivity index (χ4v) is 3.33. The van der Waals surface area contributed by atoms with Crippen molar-refractivity contribution in [2.24, 2.45) is 0 Å². The van der Waals surface area contributed by atoms with Crippen LogP contribution in [0.5, 0.6) is 0 Å². The van der Waals surface area contributed by atoms with E-state index in [2.05, 4.69) is 9.46 Å². The van der Waals surface area contributed by atoms with E-state index < -0.39 is 16.0 Å². The number of rotatable bonds is 7. The first-order valence-electron chi connectivity index (χ1n) is 5.66. The Morgan fingerprint density at radius 3 is 2.74 bits per heavy atom. The molecule has 0 saturated heterocycles. The Bertz CT molecular complexity index is 535. The van der Waals surface area contributed by atoms with E-state index in [-0.39, 0.29) is 22.9 Å². The van der Waals surface area contributed by atoms with Crippen LogP contribution in [-0.4, -0.2) is 40.5 Å². The summed E-state index contributed by atoms with van der Waals surface area (Å²) in [5.41, 5.74) is 0.971. The Morgan fingerprint density at radius 2 is 2.16 bits per heavy atom. The minimum Gasteiger partial charge on any atom is -0.465 e. The number of nitrogens with one attached hydrogen (secondary N) is 1. The lowest BCUT2D eigenvalue weighted by Gasteiger charge is -2.09. The third kappa shape index (κ3) is 4.48. The summed E-state index contributed by atoms with van der Waals surface area (Å²) in [6.45, 7) is 4.09. The van der Waals surface area contributed by atoms with E-state index in [1.807, 2.05) is 0 Å². The normalized spacial score (nSPS) is 11.3. The lowest BCUT2D eigenvalue weighted by molar-refractivity contribution is 0.0607. The second-order valence-electron chi connectivity index (χ2n) is 3.73. The number of aryl methyl sites for hydroxylation is 1. The topological polar surface area (TPSA) is 81.7 Å². The zero-order chi connectivity index (χ0) is 14.5. The van der Waals surface area contributed by atoms with Crippen LogP contribution < -0.4 is 4.72 Å². The average Bonchev–Trinajstić information content (AvgIpc) is 2.70. The van der Waals surface area contributed by atoms with Crippen LogP contribution in [0.4, 0.5) is 5.69 Å². The van der Waals surface area contributed by atoms with Crippen LogP contribution in [0.25, 0.3) is 0 Å². The van der Waals surface area contributed by atoms with Gasteiger partial charge in [-0.15, -0.1) is 11.3 Å². The van der Waals surface area contributed by atoms with Crippen molar-refractivity contribution >= 4 is 33.0 Å². The molecule has 1 rings (SSSR count). The van der Waals surface area contributed by atoms with Gasteiger partial charge in [0.25, 0.3) is 0 Å². The number of thiophene rings is 1. The first kappa shape index (κ1) is 15.9. The third-order valence-electron chi connectivity index (χ3n) is 2.30. The number of carbonyl (C=O) groups excluding carboxylic acids is 1. The predicted octanol–water partition coefficient (Wildman–Crippen LogP) is 1.62. The Balaban J connectivity index is 2.87. The largest absolute Gasteiger partial charge is 0.465 e. The fourth-order valence-electron chi connectivity index (χ4n) is 1.33. The van der Waals surface area contributed by atoms with Crippen LogP contribution in [0.15, 0.2) is 5.38 Å². The molecule has 1 aromatic heterocycles. The van der Waals surface area contributed by atoms with Gasteiger partial charge in [0, 0.05) is 6.61 Å². The molecule has 0 spiro atoms. The van der Waals surface area contributed by atoms with E-state index in [9.17, 15) is 13.2 Å². The number of anilines is 1. The van der Waals surface area contributed by atoms with E-state index in [4.69, 9.17) is 4.74 Å². The molecule has 0 radical (unpaired) electrons. The molecule has 1 heterocycles. The van der Waals surface area contributed by atoms with Crippen molar-refractivity contribution in [2.45, 2.75) is 13.8 Å². The summed E-state index contributed by atoms with van der Waals surface area (Å²) >= 11 is 1.15. The van der Waals surface area contributed by atoms with Crippen molar-refractivity contribution in [3.05, 3.63) is 15.8 Å². The minimum atomic E-state index is -3.54. The zero-order valence-electron chi connectivity index (χ0n) is 11.1. The Labute approximate surface area is 116 Å². The van der Waals surface area contributed by atoms with Crippen molar-refractivity contribution in [1.29, 1.82) is 0 Å². The zero-order valence-corrected chi connectivity index (χ0v) is 12.7. The minimum absolute atomic E-state index is 0.114. The highest BCUT2D eigenvalue weighted by molar-refractivity contribution is 7.92. The summed E-state index contributed by atoms with van der Waals surface area (Å²) < 4.78 is 35.7. The number of carbonyl (C=O) groups is 1. The average molecular weight is 307 g/mol. The van der Waals surface area contributed by atoms with Crippen LogP contribution in [-0.2, 0) is 19.5 Å². The van der Waals surface area contributed by atoms with Gasteiger partial charge < -0.3 is 9.47 Å². The molecule has 0 atom stereocenters. The summed E-state index contributed by atoms with van der Waals surface area (Å²) in [6, 6.07) is 0. The van der Waals surface area contributed by atoms with Gasteiger partial charge in [-0.2, -0.15) is 0 Å². The molecule has 0 bridgehead atoms. The second-order valence-corrected chi connectivity index (χ2v) is 6.45. The Kier molecular flexibility index (Phi) is 5.77. The lowest BCUT2D eigenvalue weighted by atomic mass is 10.3. The molecule has 0 aliphatic carbocycles. The van der Waals surface area contributed by atoms with Crippen LogP contribution in [0.2, 0.25) is 0 Å². The number of ether oxygens (including phenoxy) is 2. The van der Waals surface area contributed by atoms with Gasteiger partial charge in [-0.05, 0) is 24.8 Å². The highest BCUT2D eigenvalue weighted by atomic mass is 32.2. The van der Waals surface area contributed by atoms with E-state index in [0.717, 1.165) is 11.3 Å². The molecule has 0 aliphatic heterocycles. The van der Waals surface area contributed by atoms with Gasteiger partial charge in [-0.3, -0.25) is 4.72 Å². The second kappa shape index (κ2) is 6.88. The van der Waals surface area contributed by atoms with Crippen molar-refractivity contribution in [3.8, 4) is 0 Å². The fraction of sp³-hybridized carbons (Fsp3) is 0.545. The van der Waals surface area contributed by atoms with Gasteiger partial charge in [0.05, 0.1) is 25.2 Å². The van der Waals surface area contributed by atoms with Crippen molar-refractivity contribution in [3.63, 3.8) is 0 Å². The van der Waals surface area contributed by atoms with E-state index in [1.54, 1.807) is 19.2 Å². The smallest absolute Gasteiger partial charge is 0.350 e. The van der Waals surface area contributed by atoms with Gasteiger partial charge in [0.1, 0.15) is 4.88 Å². The first-order chi connectivity index (χ1) is 8.91. The molecule has 0 saturated carbocycles. The molecular weight excluding hydrogens is 290 g/mol. The molecule has 0 aliphatic rings. The number of methoxy groups -OCH3 is 1. The molecule has 1 N–H and O–H groups in total. The Hall–Kier alpha value is -1.12. The summed E-state index contributed by atoms with van der Waals surface area (Å²) in [7, 11) is -2.28. The van der Waals surface area contributed by atoms with Crippen molar-refractivity contribution in [2.75, 3.05) is 30.8 Å². The van der Waals surface area contributed by atoms with Gasteiger partial charge in [-0.25, -0.2) is 13.2 Å². The Morgan fingerprint density at radius 1 is 1.47 bits per heavy atom. The van der Waals surface area contributed by atoms with Crippen molar-refractivity contribution < 1.29 is 22.7 Å². The maximum absolute atomic E-state index is 11.8. The molecule has 19 heavy (non-hydrogen) atoms. The highest BCUT2D eigenvalue weighted by Crippen LogP contribution is 2.29. The monoisotopic (exact) mass is 307 g/mol. The molecule has 0 aromatic carbocycles. The summed E-state index contributed by atoms with van der Waals surface area (Å²) in [4.78, 5) is 11.8. The van der Waals surface area contributed by atoms with Crippen LogP contribution in [0.1, 0.15) is 22.2 Å². The van der Waals surface area contributed by atoms with Gasteiger partial charge in [0.15, 0.2) is 0 Å². The third-order valence-corrected chi connectivity index (χ3v) is 4.60. The molecule has 6 nitrogen and oxygen atoms in total. The molecule has 108 valence electrons. The highest BCUT2D eigenvalue weighted by Gasteiger charge is 2.21. The maximum Gasteiger partial charge on any atom is 0.350 e. The van der Waals surface area contributed by atoms with E-state index in [1.165, 1.54) is 7.11 Å². The number of sulfonamides is 1. The summed E-state index contributed by atoms with van der Waals surface area (Å²) in [5.74, 6) is -0.711. The number of hydrogen-bond donors (Lipinski definition) is 1. The SMILES string of the molecule is CCOCCS(=O)(=O)Nc1c(C)csc1C(=O)OC. The van der Waals surface area contributed by atoms with Crippen molar-refractivity contribution in [1.82, 2.24) is 0 Å². The van der Waals surface area contributed by atoms with E-state index in [0.29, 0.717) is 12.2 Å². The number of hydrogen-bond acceptors (Lipinski definition) is 6. The van der Waals surface area contributed by atoms with Crippen LogP contribution >= 0.6 is 11.3 Å². The molecule has 0 amide bonds. The molecular formula is C11H17NO5S2. The first-order valence-corrected chi connectivity index (χ1v) is 8.19. The number of esters is 1. The molecule has 0 unspecified atom stereocenters. The molecule has 0 fully saturated rings. The van der Waals surface area contributed by atoms with Gasteiger partial charge >= 0.3 is 5.97 Å². The standard InChI is InChI=1S/C11H17NO5S2/c1-4-17-5-6-19(14,15)12-9-8(2)7-18-10(9)11(13)16-3/h7,12H,4-6H2,1-3H3. The van der Waals surface area contributed by atoms with Crippen LogP contribution in [0.3, 0.4) is 0 Å². The van der Waals surface area contributed by atoms with Crippen LogP contribution in [0, 0.1) is 6.92 Å². The summed E-state index contributed by atoms with van der Waals surface area (Å²) in [6.07, 6.45) is 0. The molecule has 1 aromatic rings. The summed E-state index contributed by atoms with van der Waals surface area (Å²) in [5, 5.41) is 1.70. The van der Waals surface area contributed by atoms with Gasteiger partial charge in [-0.1, -0.05) is 0 Å². The van der Waals surface area contributed by atoms with E-state index >= 15 is 0 Å². The lowest BCUT2D eigenvalue weighted by Crippen LogP contribution is -2.21. The quantitative estimate of drug-likeness (QED) is 0.611.